The van der Waals surface area contributed by atoms with E-state index in [0.29, 0.717) is 21.3 Å². The van der Waals surface area contributed by atoms with Gasteiger partial charge in [0.1, 0.15) is 0 Å². The van der Waals surface area contributed by atoms with Gasteiger partial charge in [-0.15, -0.1) is 5.10 Å². The standard InChI is InChI=1S/C19H16ClN3OS3/c20-15-5-7-16(8-6-15)23-19(25)27-18(21-23)26-12-17(24)22-10-9-13-3-1-2-4-14(13)11-22/h1-8H,9-12H2. The van der Waals surface area contributed by atoms with Gasteiger partial charge >= 0.3 is 0 Å². The number of rotatable bonds is 4. The third-order valence-electron chi connectivity index (χ3n) is 4.40. The van der Waals surface area contributed by atoms with Crippen LogP contribution in [0.4, 0.5) is 0 Å². The third kappa shape index (κ3) is 4.27. The molecule has 138 valence electrons. The predicted molar refractivity (Wildman–Crippen MR) is 114 cm³/mol. The normalized spacial score (nSPS) is 13.4. The fourth-order valence-electron chi connectivity index (χ4n) is 2.99. The van der Waals surface area contributed by atoms with Crippen molar-refractivity contribution in [3.8, 4) is 5.69 Å². The maximum atomic E-state index is 12.6. The number of benzene rings is 2. The van der Waals surface area contributed by atoms with Crippen LogP contribution in [-0.4, -0.2) is 32.9 Å². The highest BCUT2D eigenvalue weighted by atomic mass is 35.5. The quantitative estimate of drug-likeness (QED) is 0.429. The lowest BCUT2D eigenvalue weighted by Crippen LogP contribution is -2.37. The molecule has 0 aliphatic carbocycles. The minimum Gasteiger partial charge on any atom is -0.337 e. The molecule has 0 saturated heterocycles. The molecule has 0 N–H and O–H groups in total. The van der Waals surface area contributed by atoms with Crippen molar-refractivity contribution < 1.29 is 4.79 Å². The number of nitrogens with zero attached hydrogens (tertiary/aromatic N) is 3. The molecule has 1 amide bonds. The number of thioether (sulfide) groups is 1. The van der Waals surface area contributed by atoms with E-state index in [4.69, 9.17) is 23.8 Å². The number of halogens is 1. The molecule has 1 aliphatic heterocycles. The van der Waals surface area contributed by atoms with Crippen LogP contribution in [0.2, 0.25) is 5.02 Å². The SMILES string of the molecule is O=C(CSc1nn(-c2ccc(Cl)cc2)c(=S)s1)N1CCc2ccccc2C1. The molecule has 2 heterocycles. The van der Waals surface area contributed by atoms with Gasteiger partial charge in [0.2, 0.25) is 5.91 Å². The first-order valence-corrected chi connectivity index (χ1v) is 11.0. The van der Waals surface area contributed by atoms with Crippen LogP contribution in [0.5, 0.6) is 0 Å². The summed E-state index contributed by atoms with van der Waals surface area (Å²) in [6.07, 6.45) is 0.913. The average Bonchev–Trinajstić information content (AvgIpc) is 3.07. The first kappa shape index (κ1) is 18.7. The van der Waals surface area contributed by atoms with Gasteiger partial charge < -0.3 is 4.90 Å². The molecular formula is C19H16ClN3OS3. The van der Waals surface area contributed by atoms with Gasteiger partial charge in [0.05, 0.1) is 11.4 Å². The number of carbonyl (C=O) groups excluding carboxylic acids is 1. The highest BCUT2D eigenvalue weighted by molar-refractivity contribution is 8.01. The number of hydrogen-bond acceptors (Lipinski definition) is 5. The summed E-state index contributed by atoms with van der Waals surface area (Å²) in [5.74, 6) is 0.499. The molecule has 0 unspecified atom stereocenters. The molecule has 1 aliphatic rings. The highest BCUT2D eigenvalue weighted by Crippen LogP contribution is 2.26. The third-order valence-corrected chi connectivity index (χ3v) is 7.01. The number of carbonyl (C=O) groups is 1. The summed E-state index contributed by atoms with van der Waals surface area (Å²) in [5.41, 5.74) is 3.45. The molecule has 1 aromatic heterocycles. The number of amides is 1. The molecule has 8 heteroatoms. The van der Waals surface area contributed by atoms with Crippen molar-refractivity contribution in [2.75, 3.05) is 12.3 Å². The van der Waals surface area contributed by atoms with Gasteiger partial charge in [-0.2, -0.15) is 0 Å². The van der Waals surface area contributed by atoms with Crippen LogP contribution in [0, 0.1) is 3.95 Å². The molecule has 0 radical (unpaired) electrons. The Balaban J connectivity index is 1.41. The molecule has 0 fully saturated rings. The van der Waals surface area contributed by atoms with Crippen molar-refractivity contribution >= 4 is 52.8 Å². The lowest BCUT2D eigenvalue weighted by atomic mass is 10.00. The minimum atomic E-state index is 0.133. The summed E-state index contributed by atoms with van der Waals surface area (Å²) >= 11 is 14.2. The molecule has 2 aromatic carbocycles. The van der Waals surface area contributed by atoms with E-state index in [9.17, 15) is 4.79 Å². The Morgan fingerprint density at radius 3 is 2.70 bits per heavy atom. The van der Waals surface area contributed by atoms with Crippen molar-refractivity contribution in [2.24, 2.45) is 0 Å². The second-order valence-electron chi connectivity index (χ2n) is 6.14. The van der Waals surface area contributed by atoms with E-state index in [2.05, 4.69) is 23.3 Å². The monoisotopic (exact) mass is 433 g/mol. The van der Waals surface area contributed by atoms with E-state index in [1.54, 1.807) is 4.68 Å². The molecule has 4 rings (SSSR count). The Morgan fingerprint density at radius 2 is 1.93 bits per heavy atom. The Hall–Kier alpha value is -1.67. The molecule has 27 heavy (non-hydrogen) atoms. The number of fused-ring (bicyclic) bond motifs is 1. The fourth-order valence-corrected chi connectivity index (χ4v) is 5.38. The molecule has 0 atom stereocenters. The Labute approximate surface area is 175 Å². The fraction of sp³-hybridized carbons (Fsp3) is 0.211. The van der Waals surface area contributed by atoms with Gasteiger partial charge in [0, 0.05) is 18.1 Å². The van der Waals surface area contributed by atoms with Crippen LogP contribution in [0.15, 0.2) is 52.9 Å². The summed E-state index contributed by atoms with van der Waals surface area (Å²) in [7, 11) is 0. The van der Waals surface area contributed by atoms with Crippen LogP contribution < -0.4 is 0 Å². The number of hydrogen-bond donors (Lipinski definition) is 0. The minimum absolute atomic E-state index is 0.133. The van der Waals surface area contributed by atoms with Crippen molar-refractivity contribution in [3.63, 3.8) is 0 Å². The lowest BCUT2D eigenvalue weighted by Gasteiger charge is -2.28. The molecule has 3 aromatic rings. The highest BCUT2D eigenvalue weighted by Gasteiger charge is 2.20. The zero-order valence-corrected chi connectivity index (χ0v) is 17.5. The van der Waals surface area contributed by atoms with Gasteiger partial charge in [-0.1, -0.05) is 59.0 Å². The molecule has 0 saturated carbocycles. The molecule has 4 nitrogen and oxygen atoms in total. The number of aromatic nitrogens is 2. The van der Waals surface area contributed by atoms with Crippen LogP contribution in [-0.2, 0) is 17.8 Å². The van der Waals surface area contributed by atoms with Gasteiger partial charge in [0.25, 0.3) is 0 Å². The molecule has 0 spiro atoms. The Kier molecular flexibility index (Phi) is 5.63. The maximum absolute atomic E-state index is 12.6. The average molecular weight is 434 g/mol. The smallest absolute Gasteiger partial charge is 0.233 e. The van der Waals surface area contributed by atoms with Crippen molar-refractivity contribution in [2.45, 2.75) is 17.3 Å². The Bertz CT molecular complexity index is 1030. The first-order valence-electron chi connectivity index (χ1n) is 8.43. The zero-order valence-electron chi connectivity index (χ0n) is 14.3. The van der Waals surface area contributed by atoms with Crippen molar-refractivity contribution in [1.82, 2.24) is 14.7 Å². The summed E-state index contributed by atoms with van der Waals surface area (Å²) < 4.78 is 3.15. The second kappa shape index (κ2) is 8.14. The summed E-state index contributed by atoms with van der Waals surface area (Å²) in [5, 5.41) is 5.21. The maximum Gasteiger partial charge on any atom is 0.233 e. The summed E-state index contributed by atoms with van der Waals surface area (Å²) in [6.45, 7) is 1.45. The largest absolute Gasteiger partial charge is 0.337 e. The lowest BCUT2D eigenvalue weighted by molar-refractivity contribution is -0.129. The molecular weight excluding hydrogens is 418 g/mol. The van der Waals surface area contributed by atoms with E-state index in [1.807, 2.05) is 35.2 Å². The predicted octanol–water partition coefficient (Wildman–Crippen LogP) is 4.99. The van der Waals surface area contributed by atoms with E-state index >= 15 is 0 Å². The van der Waals surface area contributed by atoms with Crippen LogP contribution in [0.3, 0.4) is 0 Å². The van der Waals surface area contributed by atoms with Gasteiger partial charge in [-0.3, -0.25) is 4.79 Å². The second-order valence-corrected chi connectivity index (χ2v) is 9.43. The van der Waals surface area contributed by atoms with Crippen molar-refractivity contribution in [3.05, 3.63) is 68.6 Å². The van der Waals surface area contributed by atoms with Crippen molar-refractivity contribution in [1.29, 1.82) is 0 Å². The summed E-state index contributed by atoms with van der Waals surface area (Å²) in [4.78, 5) is 14.5. The Morgan fingerprint density at radius 1 is 1.19 bits per heavy atom. The van der Waals surface area contributed by atoms with Crippen LogP contribution in [0.25, 0.3) is 5.69 Å². The molecule has 0 bridgehead atoms. The summed E-state index contributed by atoms with van der Waals surface area (Å²) in [6, 6.07) is 15.7. The van der Waals surface area contributed by atoms with E-state index in [0.717, 1.165) is 23.0 Å². The zero-order chi connectivity index (χ0) is 18.8. The van der Waals surface area contributed by atoms with Crippen LogP contribution in [0.1, 0.15) is 11.1 Å². The van der Waals surface area contributed by atoms with Gasteiger partial charge in [-0.05, 0) is 54.0 Å². The van der Waals surface area contributed by atoms with E-state index in [-0.39, 0.29) is 5.91 Å². The topological polar surface area (TPSA) is 38.1 Å². The van der Waals surface area contributed by atoms with E-state index < -0.39 is 0 Å². The first-order chi connectivity index (χ1) is 13.1. The van der Waals surface area contributed by atoms with E-state index in [1.165, 1.54) is 34.2 Å². The van der Waals surface area contributed by atoms with Crippen LogP contribution >= 0.6 is 46.9 Å². The van der Waals surface area contributed by atoms with Gasteiger partial charge in [0.15, 0.2) is 8.29 Å². The van der Waals surface area contributed by atoms with Gasteiger partial charge in [-0.25, -0.2) is 4.68 Å².